The molecule has 14 heavy (non-hydrogen) atoms. The van der Waals surface area contributed by atoms with E-state index in [1.807, 2.05) is 0 Å². The van der Waals surface area contributed by atoms with Crippen LogP contribution in [0.15, 0.2) is 0 Å². The van der Waals surface area contributed by atoms with Crippen molar-refractivity contribution < 1.29 is 4.79 Å². The van der Waals surface area contributed by atoms with E-state index in [4.69, 9.17) is 11.5 Å². The summed E-state index contributed by atoms with van der Waals surface area (Å²) in [6.07, 6.45) is 4.56. The maximum atomic E-state index is 10.4. The summed E-state index contributed by atoms with van der Waals surface area (Å²) in [5.41, 5.74) is 10.4. The third-order valence-electron chi connectivity index (χ3n) is 1.92. The minimum absolute atomic E-state index is 0.209. The molecule has 0 aromatic carbocycles. The number of rotatable bonds is 9. The van der Waals surface area contributed by atoms with Crippen LogP contribution in [0.25, 0.3) is 0 Å². The second-order valence-corrected chi connectivity index (χ2v) is 5.11. The van der Waals surface area contributed by atoms with Crippen LogP contribution in [-0.4, -0.2) is 22.8 Å². The summed E-state index contributed by atoms with van der Waals surface area (Å²) in [7, 11) is 0. The van der Waals surface area contributed by atoms with E-state index in [2.05, 4.69) is 12.6 Å². The van der Waals surface area contributed by atoms with Gasteiger partial charge in [-0.3, -0.25) is 4.79 Å². The third kappa shape index (κ3) is 10.2. The van der Waals surface area contributed by atoms with Crippen molar-refractivity contribution in [2.24, 2.45) is 11.5 Å². The molecule has 5 heteroatoms. The van der Waals surface area contributed by atoms with Gasteiger partial charge in [0.2, 0.25) is 5.91 Å². The van der Waals surface area contributed by atoms with E-state index in [1.54, 1.807) is 11.8 Å². The van der Waals surface area contributed by atoms with Gasteiger partial charge in [0.15, 0.2) is 0 Å². The molecule has 1 amide bonds. The Kier molecular flexibility index (Phi) is 9.77. The van der Waals surface area contributed by atoms with Crippen LogP contribution in [0.1, 0.15) is 32.1 Å². The van der Waals surface area contributed by atoms with E-state index in [0.717, 1.165) is 31.4 Å². The topological polar surface area (TPSA) is 69.1 Å². The summed E-state index contributed by atoms with van der Waals surface area (Å²) in [6.45, 7) is 0. The number of hydrogen-bond acceptors (Lipinski definition) is 4. The average Bonchev–Trinajstić information content (AvgIpc) is 2.13. The number of thiol groups is 1. The SMILES string of the molecule is NCSCC[C@H](S)CCCCC(N)=O. The maximum absolute atomic E-state index is 10.4. The lowest BCUT2D eigenvalue weighted by Gasteiger charge is -2.08. The van der Waals surface area contributed by atoms with Crippen molar-refractivity contribution >= 4 is 30.3 Å². The molecule has 0 heterocycles. The molecule has 0 unspecified atom stereocenters. The molecular formula is C9H20N2OS2. The van der Waals surface area contributed by atoms with Crippen LogP contribution in [0.2, 0.25) is 0 Å². The second-order valence-electron chi connectivity index (χ2n) is 3.23. The van der Waals surface area contributed by atoms with Crippen molar-refractivity contribution in [2.45, 2.75) is 37.4 Å². The Balaban J connectivity index is 3.18. The second kappa shape index (κ2) is 9.68. The smallest absolute Gasteiger partial charge is 0.217 e. The minimum Gasteiger partial charge on any atom is -0.370 e. The molecule has 0 radical (unpaired) electrons. The van der Waals surface area contributed by atoms with Crippen molar-refractivity contribution in [3.8, 4) is 0 Å². The molecule has 0 fully saturated rings. The number of nitrogens with two attached hydrogens (primary N) is 2. The van der Waals surface area contributed by atoms with Gasteiger partial charge in [0.05, 0.1) is 0 Å². The van der Waals surface area contributed by atoms with Gasteiger partial charge in [0, 0.05) is 17.5 Å². The Hall–Kier alpha value is 0.130. The Labute approximate surface area is 95.8 Å². The summed E-state index contributed by atoms with van der Waals surface area (Å²) < 4.78 is 0. The molecule has 0 aliphatic rings. The van der Waals surface area contributed by atoms with E-state index in [0.29, 0.717) is 17.5 Å². The van der Waals surface area contributed by atoms with Crippen LogP contribution < -0.4 is 11.5 Å². The van der Waals surface area contributed by atoms with E-state index in [-0.39, 0.29) is 5.91 Å². The highest BCUT2D eigenvalue weighted by molar-refractivity contribution is 7.99. The summed E-state index contributed by atoms with van der Waals surface area (Å²) >= 11 is 6.19. The Bertz CT molecular complexity index is 156. The molecule has 0 rings (SSSR count). The quantitative estimate of drug-likeness (QED) is 0.322. The summed E-state index contributed by atoms with van der Waals surface area (Å²) in [4.78, 5) is 10.4. The number of carbonyl (C=O) groups excluding carboxylic acids is 1. The standard InChI is InChI=1S/C9H20N2OS2/c10-7-14-6-5-8(13)3-1-2-4-9(11)12/h8,13H,1-7,10H2,(H2,11,12)/t8-/m1/s1. The van der Waals surface area contributed by atoms with Crippen LogP contribution in [-0.2, 0) is 4.79 Å². The maximum Gasteiger partial charge on any atom is 0.217 e. The summed E-state index contributed by atoms with van der Waals surface area (Å²) in [5, 5.41) is 0.432. The van der Waals surface area contributed by atoms with E-state index in [1.165, 1.54) is 0 Å². The molecule has 0 bridgehead atoms. The zero-order chi connectivity index (χ0) is 10.8. The molecule has 0 saturated carbocycles. The van der Waals surface area contributed by atoms with Crippen LogP contribution >= 0.6 is 24.4 Å². The zero-order valence-corrected chi connectivity index (χ0v) is 10.2. The lowest BCUT2D eigenvalue weighted by atomic mass is 10.1. The Morgan fingerprint density at radius 1 is 1.36 bits per heavy atom. The number of unbranched alkanes of at least 4 members (excludes halogenated alkanes) is 1. The Morgan fingerprint density at radius 3 is 2.64 bits per heavy atom. The predicted molar refractivity (Wildman–Crippen MR) is 66.6 cm³/mol. The van der Waals surface area contributed by atoms with Crippen LogP contribution in [0.5, 0.6) is 0 Å². The highest BCUT2D eigenvalue weighted by Crippen LogP contribution is 2.14. The van der Waals surface area contributed by atoms with Crippen molar-refractivity contribution in [2.75, 3.05) is 11.6 Å². The molecule has 0 aromatic heterocycles. The van der Waals surface area contributed by atoms with Gasteiger partial charge in [0.1, 0.15) is 0 Å². The monoisotopic (exact) mass is 236 g/mol. The van der Waals surface area contributed by atoms with Crippen molar-refractivity contribution in [1.29, 1.82) is 0 Å². The van der Waals surface area contributed by atoms with Crippen molar-refractivity contribution in [1.82, 2.24) is 0 Å². The molecule has 0 spiro atoms. The fraction of sp³-hybridized carbons (Fsp3) is 0.889. The zero-order valence-electron chi connectivity index (χ0n) is 8.45. The average molecular weight is 236 g/mol. The van der Waals surface area contributed by atoms with Gasteiger partial charge in [-0.1, -0.05) is 6.42 Å². The first kappa shape index (κ1) is 14.1. The van der Waals surface area contributed by atoms with Gasteiger partial charge in [-0.15, -0.1) is 11.8 Å². The van der Waals surface area contributed by atoms with Crippen molar-refractivity contribution in [3.63, 3.8) is 0 Å². The first-order valence-corrected chi connectivity index (χ1v) is 6.58. The number of hydrogen-bond donors (Lipinski definition) is 3. The summed E-state index contributed by atoms with van der Waals surface area (Å²) in [6, 6.07) is 0. The summed E-state index contributed by atoms with van der Waals surface area (Å²) in [5.74, 6) is 1.54. The van der Waals surface area contributed by atoms with Gasteiger partial charge >= 0.3 is 0 Å². The fourth-order valence-electron chi connectivity index (χ4n) is 1.13. The molecule has 84 valence electrons. The highest BCUT2D eigenvalue weighted by Gasteiger charge is 2.03. The van der Waals surface area contributed by atoms with Gasteiger partial charge in [-0.25, -0.2) is 0 Å². The molecule has 4 N–H and O–H groups in total. The first-order valence-electron chi connectivity index (χ1n) is 4.91. The number of primary amides is 1. The molecule has 0 aliphatic heterocycles. The number of amides is 1. The largest absolute Gasteiger partial charge is 0.370 e. The lowest BCUT2D eigenvalue weighted by molar-refractivity contribution is -0.118. The van der Waals surface area contributed by atoms with E-state index < -0.39 is 0 Å². The fourth-order valence-corrected chi connectivity index (χ4v) is 2.23. The molecule has 1 atom stereocenters. The number of thioether (sulfide) groups is 1. The normalized spacial score (nSPS) is 12.7. The lowest BCUT2D eigenvalue weighted by Crippen LogP contribution is -2.10. The minimum atomic E-state index is -0.209. The van der Waals surface area contributed by atoms with Crippen molar-refractivity contribution in [3.05, 3.63) is 0 Å². The van der Waals surface area contributed by atoms with Gasteiger partial charge in [-0.2, -0.15) is 12.6 Å². The van der Waals surface area contributed by atoms with E-state index in [9.17, 15) is 4.79 Å². The van der Waals surface area contributed by atoms with Gasteiger partial charge < -0.3 is 11.5 Å². The number of carbonyl (C=O) groups is 1. The Morgan fingerprint density at radius 2 is 2.07 bits per heavy atom. The van der Waals surface area contributed by atoms with Gasteiger partial charge in [0.25, 0.3) is 0 Å². The van der Waals surface area contributed by atoms with Gasteiger partial charge in [-0.05, 0) is 25.0 Å². The molecular weight excluding hydrogens is 216 g/mol. The molecule has 0 aromatic rings. The third-order valence-corrected chi connectivity index (χ3v) is 3.20. The van der Waals surface area contributed by atoms with Crippen LogP contribution in [0.4, 0.5) is 0 Å². The molecule has 3 nitrogen and oxygen atoms in total. The molecule has 0 saturated heterocycles. The van der Waals surface area contributed by atoms with Crippen LogP contribution in [0, 0.1) is 0 Å². The first-order chi connectivity index (χ1) is 6.66. The highest BCUT2D eigenvalue weighted by atomic mass is 32.2. The van der Waals surface area contributed by atoms with Crippen LogP contribution in [0.3, 0.4) is 0 Å². The van der Waals surface area contributed by atoms with E-state index >= 15 is 0 Å². The molecule has 0 aliphatic carbocycles. The predicted octanol–water partition coefficient (Wildman–Crippen LogP) is 1.37.